The van der Waals surface area contributed by atoms with E-state index in [1.54, 1.807) is 5.92 Å². The lowest BCUT2D eigenvalue weighted by atomic mass is 9.85. The topological polar surface area (TPSA) is 20.2 Å². The number of phenols is 1. The smallest absolute Gasteiger partial charge is 0.121 e. The summed E-state index contributed by atoms with van der Waals surface area (Å²) in [4.78, 5) is 0. The molecular formula is C51H95O. The van der Waals surface area contributed by atoms with Crippen molar-refractivity contribution >= 4 is 0 Å². The summed E-state index contributed by atoms with van der Waals surface area (Å²) < 4.78 is 0. The molecule has 52 heavy (non-hydrogen) atoms. The second-order valence-corrected chi connectivity index (χ2v) is 17.1. The molecule has 1 rings (SSSR count). The molecule has 0 atom stereocenters. The Kier molecular flexibility index (Phi) is 36.1. The number of unbranched alkanes of at least 4 members (excludes halogenated alkanes) is 32. The van der Waals surface area contributed by atoms with Crippen molar-refractivity contribution in [2.45, 2.75) is 285 Å². The van der Waals surface area contributed by atoms with Crippen LogP contribution in [0.4, 0.5) is 0 Å². The average Bonchev–Trinajstić information content (AvgIpc) is 3.15. The first-order valence-electron chi connectivity index (χ1n) is 24.4. The zero-order chi connectivity index (χ0) is 37.6. The van der Waals surface area contributed by atoms with E-state index in [1.165, 1.54) is 248 Å². The van der Waals surface area contributed by atoms with E-state index in [2.05, 4.69) is 39.8 Å². The third kappa shape index (κ3) is 28.5. The number of hydrogen-bond donors (Lipinski definition) is 1. The fraction of sp³-hybridized carbons (Fsp3) is 0.863. The van der Waals surface area contributed by atoms with Crippen LogP contribution in [-0.4, -0.2) is 5.11 Å². The van der Waals surface area contributed by atoms with Crippen LogP contribution in [0.2, 0.25) is 0 Å². The molecule has 1 heteroatoms. The van der Waals surface area contributed by atoms with Gasteiger partial charge in [0.1, 0.15) is 5.75 Å². The molecule has 0 spiro atoms. The Bertz CT molecular complexity index is 792. The van der Waals surface area contributed by atoms with E-state index in [-0.39, 0.29) is 0 Å². The molecule has 0 aliphatic carbocycles. The highest BCUT2D eigenvalue weighted by Gasteiger charge is 2.17. The summed E-state index contributed by atoms with van der Waals surface area (Å²) in [5.74, 6) is 2.29. The number of aryl methyl sites for hydroxylation is 2. The first kappa shape index (κ1) is 49.0. The lowest BCUT2D eigenvalue weighted by Crippen LogP contribution is -2.04. The van der Waals surface area contributed by atoms with Gasteiger partial charge in [0.15, 0.2) is 0 Å². The third-order valence-electron chi connectivity index (χ3n) is 11.9. The normalized spacial score (nSPS) is 11.7. The van der Waals surface area contributed by atoms with Crippen LogP contribution in [0.5, 0.6) is 5.75 Å². The van der Waals surface area contributed by atoms with Gasteiger partial charge in [0, 0.05) is 5.92 Å². The van der Waals surface area contributed by atoms with Crippen molar-refractivity contribution in [2.24, 2.45) is 0 Å². The predicted molar refractivity (Wildman–Crippen MR) is 236 cm³/mol. The Hall–Kier alpha value is -0.980. The molecule has 1 radical (unpaired) electrons. The highest BCUT2D eigenvalue weighted by Crippen LogP contribution is 2.35. The molecule has 0 bridgehead atoms. The molecular weight excluding hydrogens is 629 g/mol. The van der Waals surface area contributed by atoms with E-state index in [4.69, 9.17) is 0 Å². The second kappa shape index (κ2) is 38.3. The number of hydrogen-bond acceptors (Lipinski definition) is 1. The molecule has 1 aromatic carbocycles. The maximum atomic E-state index is 11.2. The third-order valence-corrected chi connectivity index (χ3v) is 11.9. The predicted octanol–water partition coefficient (Wildman–Crippen LogP) is 18.3. The quantitative estimate of drug-likeness (QED) is 0.0667. The molecule has 1 aromatic rings. The first-order chi connectivity index (χ1) is 25.7. The summed E-state index contributed by atoms with van der Waals surface area (Å²) in [5.41, 5.74) is 3.89. The molecule has 0 aliphatic heterocycles. The van der Waals surface area contributed by atoms with Crippen LogP contribution < -0.4 is 0 Å². The Balaban J connectivity index is 2.41. The Labute approximate surface area is 329 Å². The molecule has 0 heterocycles. The van der Waals surface area contributed by atoms with Gasteiger partial charge in [-0.15, -0.1) is 0 Å². The van der Waals surface area contributed by atoms with Gasteiger partial charge >= 0.3 is 0 Å². The summed E-state index contributed by atoms with van der Waals surface area (Å²) in [6.07, 6.45) is 55.0. The van der Waals surface area contributed by atoms with Crippen LogP contribution in [0.1, 0.15) is 288 Å². The Morgan fingerprint density at radius 3 is 0.808 bits per heavy atom. The van der Waals surface area contributed by atoms with Crippen LogP contribution >= 0.6 is 0 Å². The first-order valence-corrected chi connectivity index (χ1v) is 24.4. The second-order valence-electron chi connectivity index (χ2n) is 17.1. The van der Waals surface area contributed by atoms with E-state index in [9.17, 15) is 5.11 Å². The molecule has 0 aromatic heterocycles. The Morgan fingerprint density at radius 2 is 0.558 bits per heavy atom. The van der Waals surface area contributed by atoms with Gasteiger partial charge in [-0.25, -0.2) is 0 Å². The molecule has 0 fully saturated rings. The molecule has 0 saturated heterocycles. The van der Waals surface area contributed by atoms with Crippen LogP contribution in [-0.2, 0) is 12.8 Å². The zero-order valence-corrected chi connectivity index (χ0v) is 36.4. The summed E-state index contributed by atoms with van der Waals surface area (Å²) >= 11 is 0. The average molecular weight is 724 g/mol. The standard InChI is InChI=1S/C51H95O/c1-5-9-13-15-17-19-21-23-25-27-29-31-33-35-37-39-43-47(50-45-48(41-11-7-3)51(52)49(46-50)42-12-8-4)44-40-38-36-34-32-30-28-26-24-22-20-18-16-14-10-6-2/h45-46,52H,5-44H2,1-4H3. The van der Waals surface area contributed by atoms with Gasteiger partial charge < -0.3 is 5.11 Å². The minimum absolute atomic E-state index is 0.606. The van der Waals surface area contributed by atoms with E-state index >= 15 is 0 Å². The van der Waals surface area contributed by atoms with Crippen molar-refractivity contribution < 1.29 is 5.11 Å². The largest absolute Gasteiger partial charge is 0.507 e. The van der Waals surface area contributed by atoms with Gasteiger partial charge in [-0.1, -0.05) is 258 Å². The van der Waals surface area contributed by atoms with Crippen molar-refractivity contribution in [3.05, 3.63) is 34.7 Å². The molecule has 0 saturated carbocycles. The fourth-order valence-electron chi connectivity index (χ4n) is 8.27. The lowest BCUT2D eigenvalue weighted by molar-refractivity contribution is 0.458. The van der Waals surface area contributed by atoms with Crippen LogP contribution in [0, 0.1) is 5.92 Å². The number of rotatable bonds is 41. The number of phenolic OH excluding ortho intramolecular Hbond substituents is 1. The maximum Gasteiger partial charge on any atom is 0.121 e. The van der Waals surface area contributed by atoms with E-state index in [1.807, 2.05) is 0 Å². The summed E-state index contributed by atoms with van der Waals surface area (Å²) in [5, 5.41) is 11.2. The van der Waals surface area contributed by atoms with Crippen LogP contribution in [0.15, 0.2) is 12.1 Å². The highest BCUT2D eigenvalue weighted by atomic mass is 16.3. The van der Waals surface area contributed by atoms with E-state index in [0.29, 0.717) is 5.75 Å². The van der Waals surface area contributed by atoms with Crippen LogP contribution in [0.3, 0.4) is 0 Å². The summed E-state index contributed by atoms with van der Waals surface area (Å²) in [7, 11) is 0. The van der Waals surface area contributed by atoms with Crippen molar-refractivity contribution in [1.82, 2.24) is 0 Å². The summed E-state index contributed by atoms with van der Waals surface area (Å²) in [6.45, 7) is 9.16. The molecule has 1 nitrogen and oxygen atoms in total. The maximum absolute atomic E-state index is 11.2. The molecule has 0 unspecified atom stereocenters. The molecule has 1 N–H and O–H groups in total. The minimum Gasteiger partial charge on any atom is -0.507 e. The highest BCUT2D eigenvalue weighted by molar-refractivity contribution is 5.48. The van der Waals surface area contributed by atoms with Crippen LogP contribution in [0.25, 0.3) is 0 Å². The lowest BCUT2D eigenvalue weighted by Gasteiger charge is -2.21. The number of benzene rings is 1. The van der Waals surface area contributed by atoms with Gasteiger partial charge in [-0.3, -0.25) is 0 Å². The zero-order valence-electron chi connectivity index (χ0n) is 36.4. The molecule has 305 valence electrons. The monoisotopic (exact) mass is 724 g/mol. The minimum atomic E-state index is 0.606. The van der Waals surface area contributed by atoms with Gasteiger partial charge in [0.05, 0.1) is 0 Å². The van der Waals surface area contributed by atoms with Gasteiger partial charge in [0.25, 0.3) is 0 Å². The number of aromatic hydroxyl groups is 1. The van der Waals surface area contributed by atoms with Gasteiger partial charge in [-0.2, -0.15) is 0 Å². The summed E-state index contributed by atoms with van der Waals surface area (Å²) in [6, 6.07) is 4.80. The molecule has 0 amide bonds. The molecule has 0 aliphatic rings. The van der Waals surface area contributed by atoms with Crippen molar-refractivity contribution in [3.8, 4) is 5.75 Å². The van der Waals surface area contributed by atoms with Crippen molar-refractivity contribution in [3.63, 3.8) is 0 Å². The van der Waals surface area contributed by atoms with E-state index < -0.39 is 0 Å². The van der Waals surface area contributed by atoms with Gasteiger partial charge in [0.2, 0.25) is 0 Å². The Morgan fingerprint density at radius 1 is 0.327 bits per heavy atom. The van der Waals surface area contributed by atoms with E-state index in [0.717, 1.165) is 25.7 Å². The SMILES string of the molecule is CCCCCCCCCCCCCCCCCC[C](CCCCCCCCCCCCCCCCCC)c1cc(CCCC)c(O)c(CCCC)c1. The fourth-order valence-corrected chi connectivity index (χ4v) is 8.27. The van der Waals surface area contributed by atoms with Crippen molar-refractivity contribution in [2.75, 3.05) is 0 Å². The van der Waals surface area contributed by atoms with Gasteiger partial charge in [-0.05, 0) is 55.2 Å². The van der Waals surface area contributed by atoms with Crippen molar-refractivity contribution in [1.29, 1.82) is 0 Å².